The Balaban J connectivity index is 1.75. The molecule has 1 unspecified atom stereocenters. The normalized spacial score (nSPS) is 21.9. The minimum absolute atomic E-state index is 0.0273. The molecule has 1 aromatic rings. The zero-order valence-corrected chi connectivity index (χ0v) is 16.8. The summed E-state index contributed by atoms with van der Waals surface area (Å²) in [5.41, 5.74) is 1.26. The molecule has 0 bridgehead atoms. The van der Waals surface area contributed by atoms with Crippen molar-refractivity contribution in [1.82, 2.24) is 14.7 Å². The third kappa shape index (κ3) is 5.10. The van der Waals surface area contributed by atoms with Crippen LogP contribution in [0.3, 0.4) is 0 Å². The number of benzene rings is 1. The fourth-order valence-corrected chi connectivity index (χ4v) is 4.43. The molecule has 3 rings (SSSR count). The first kappa shape index (κ1) is 19.9. The maximum atomic E-state index is 13.5. The molecule has 5 nitrogen and oxygen atoms in total. The minimum Gasteiger partial charge on any atom is -0.337 e. The van der Waals surface area contributed by atoms with Crippen molar-refractivity contribution in [2.45, 2.75) is 57.5 Å². The molecule has 2 fully saturated rings. The van der Waals surface area contributed by atoms with Crippen LogP contribution in [0.1, 0.15) is 44.6 Å². The Kier molecular flexibility index (Phi) is 6.89. The Labute approximate surface area is 163 Å². The summed E-state index contributed by atoms with van der Waals surface area (Å²) in [6.07, 6.45) is 5.73. The van der Waals surface area contributed by atoms with E-state index in [1.54, 1.807) is 11.8 Å². The molecular weight excluding hydrogens is 338 g/mol. The van der Waals surface area contributed by atoms with Gasteiger partial charge in [-0.15, -0.1) is 0 Å². The maximum Gasteiger partial charge on any atom is 0.245 e. The fraction of sp³-hybridized carbons (Fsp3) is 0.636. The quantitative estimate of drug-likeness (QED) is 0.799. The molecule has 2 aliphatic rings. The van der Waals surface area contributed by atoms with E-state index in [9.17, 15) is 9.59 Å². The molecule has 2 amide bonds. The molecule has 27 heavy (non-hydrogen) atoms. The van der Waals surface area contributed by atoms with Crippen molar-refractivity contribution in [3.8, 4) is 0 Å². The number of hydrogen-bond donors (Lipinski definition) is 0. The lowest BCUT2D eigenvalue weighted by Crippen LogP contribution is -2.56. The van der Waals surface area contributed by atoms with Gasteiger partial charge >= 0.3 is 0 Å². The van der Waals surface area contributed by atoms with E-state index in [2.05, 4.69) is 41.1 Å². The number of piperidine rings is 2. The second-order valence-electron chi connectivity index (χ2n) is 8.03. The van der Waals surface area contributed by atoms with Crippen LogP contribution >= 0.6 is 0 Å². The van der Waals surface area contributed by atoms with Crippen LogP contribution in [0.15, 0.2) is 30.3 Å². The van der Waals surface area contributed by atoms with Crippen molar-refractivity contribution in [3.63, 3.8) is 0 Å². The molecule has 0 aliphatic carbocycles. The van der Waals surface area contributed by atoms with Crippen LogP contribution in [0.5, 0.6) is 0 Å². The second kappa shape index (κ2) is 9.36. The van der Waals surface area contributed by atoms with Crippen LogP contribution in [0.25, 0.3) is 0 Å². The van der Waals surface area contributed by atoms with Crippen molar-refractivity contribution < 1.29 is 9.59 Å². The van der Waals surface area contributed by atoms with Crippen molar-refractivity contribution in [2.24, 2.45) is 0 Å². The van der Waals surface area contributed by atoms with Gasteiger partial charge < -0.3 is 14.7 Å². The summed E-state index contributed by atoms with van der Waals surface area (Å²) >= 11 is 0. The molecule has 0 N–H and O–H groups in total. The summed E-state index contributed by atoms with van der Waals surface area (Å²) in [5, 5.41) is 0. The third-order valence-electron chi connectivity index (χ3n) is 6.09. The highest BCUT2D eigenvalue weighted by Crippen LogP contribution is 2.23. The molecule has 5 heteroatoms. The predicted octanol–water partition coefficient (Wildman–Crippen LogP) is 2.55. The summed E-state index contributed by atoms with van der Waals surface area (Å²) in [5.74, 6) is 0.190. The highest BCUT2D eigenvalue weighted by molar-refractivity contribution is 5.87. The lowest BCUT2D eigenvalue weighted by molar-refractivity contribution is -0.148. The fourth-order valence-electron chi connectivity index (χ4n) is 4.43. The molecule has 2 heterocycles. The number of carbonyl (C=O) groups excluding carboxylic acids is 2. The van der Waals surface area contributed by atoms with Gasteiger partial charge in [0.15, 0.2) is 0 Å². The first-order chi connectivity index (χ1) is 13.1. The van der Waals surface area contributed by atoms with Gasteiger partial charge in [0, 0.05) is 26.1 Å². The van der Waals surface area contributed by atoms with Crippen LogP contribution < -0.4 is 0 Å². The number of hydrogen-bond acceptors (Lipinski definition) is 3. The summed E-state index contributed by atoms with van der Waals surface area (Å²) < 4.78 is 0. The SMILES string of the molecule is CC(=O)N1CCCCC1C(=O)N(CCc1ccccc1)C1CCN(C)CC1. The molecule has 0 radical (unpaired) electrons. The van der Waals surface area contributed by atoms with Gasteiger partial charge in [-0.3, -0.25) is 9.59 Å². The third-order valence-corrected chi connectivity index (χ3v) is 6.09. The Morgan fingerprint density at radius 2 is 1.74 bits per heavy atom. The minimum atomic E-state index is -0.272. The Morgan fingerprint density at radius 1 is 1.04 bits per heavy atom. The summed E-state index contributed by atoms with van der Waals surface area (Å²) in [6, 6.07) is 10.4. The zero-order chi connectivity index (χ0) is 19.2. The monoisotopic (exact) mass is 371 g/mol. The first-order valence-corrected chi connectivity index (χ1v) is 10.4. The van der Waals surface area contributed by atoms with Gasteiger partial charge in [-0.05, 0) is 64.2 Å². The second-order valence-corrected chi connectivity index (χ2v) is 8.03. The van der Waals surface area contributed by atoms with Gasteiger partial charge in [-0.1, -0.05) is 30.3 Å². The van der Waals surface area contributed by atoms with E-state index in [1.807, 2.05) is 6.07 Å². The predicted molar refractivity (Wildman–Crippen MR) is 107 cm³/mol. The summed E-state index contributed by atoms with van der Waals surface area (Å²) in [7, 11) is 2.14. The Morgan fingerprint density at radius 3 is 2.41 bits per heavy atom. The molecule has 0 spiro atoms. The summed E-state index contributed by atoms with van der Waals surface area (Å²) in [4.78, 5) is 31.9. The van der Waals surface area contributed by atoms with Crippen molar-refractivity contribution in [2.75, 3.05) is 33.2 Å². The van der Waals surface area contributed by atoms with E-state index in [-0.39, 0.29) is 23.9 Å². The van der Waals surface area contributed by atoms with Gasteiger partial charge in [0.1, 0.15) is 6.04 Å². The smallest absolute Gasteiger partial charge is 0.245 e. The molecule has 0 saturated carbocycles. The van der Waals surface area contributed by atoms with Crippen LogP contribution in [-0.2, 0) is 16.0 Å². The highest BCUT2D eigenvalue weighted by Gasteiger charge is 2.36. The van der Waals surface area contributed by atoms with Crippen LogP contribution in [-0.4, -0.2) is 71.8 Å². The van der Waals surface area contributed by atoms with Crippen molar-refractivity contribution >= 4 is 11.8 Å². The largest absolute Gasteiger partial charge is 0.337 e. The van der Waals surface area contributed by atoms with Crippen molar-refractivity contribution in [3.05, 3.63) is 35.9 Å². The van der Waals surface area contributed by atoms with Gasteiger partial charge in [0.2, 0.25) is 11.8 Å². The molecular formula is C22H33N3O2. The average molecular weight is 372 g/mol. The standard InChI is InChI=1S/C22H33N3O2/c1-18(26)24-14-7-6-10-21(24)22(27)25(20-12-15-23(2)16-13-20)17-11-19-8-4-3-5-9-19/h3-5,8-9,20-21H,6-7,10-17H2,1-2H3. The van der Waals surface area contributed by atoms with E-state index in [1.165, 1.54) is 5.56 Å². The average Bonchev–Trinajstić information content (AvgIpc) is 2.70. The molecule has 1 atom stereocenters. The number of nitrogens with zero attached hydrogens (tertiary/aromatic N) is 3. The molecule has 1 aromatic carbocycles. The summed E-state index contributed by atoms with van der Waals surface area (Å²) in [6.45, 7) is 5.10. The van der Waals surface area contributed by atoms with E-state index in [0.29, 0.717) is 6.54 Å². The van der Waals surface area contributed by atoms with Gasteiger partial charge in [0.25, 0.3) is 0 Å². The molecule has 148 valence electrons. The van der Waals surface area contributed by atoms with Gasteiger partial charge in [-0.2, -0.15) is 0 Å². The van der Waals surface area contributed by atoms with Crippen LogP contribution in [0, 0.1) is 0 Å². The Hall–Kier alpha value is -1.88. The van der Waals surface area contributed by atoms with Gasteiger partial charge in [-0.25, -0.2) is 0 Å². The van der Waals surface area contributed by atoms with E-state index in [0.717, 1.165) is 58.2 Å². The lowest BCUT2D eigenvalue weighted by Gasteiger charge is -2.42. The van der Waals surface area contributed by atoms with Crippen LogP contribution in [0.2, 0.25) is 0 Å². The Bertz CT molecular complexity index is 626. The zero-order valence-electron chi connectivity index (χ0n) is 16.8. The van der Waals surface area contributed by atoms with E-state index < -0.39 is 0 Å². The molecule has 0 aromatic heterocycles. The van der Waals surface area contributed by atoms with Gasteiger partial charge in [0.05, 0.1) is 0 Å². The van der Waals surface area contributed by atoms with E-state index >= 15 is 0 Å². The first-order valence-electron chi connectivity index (χ1n) is 10.4. The number of likely N-dealkylation sites (tertiary alicyclic amines) is 2. The number of amides is 2. The highest BCUT2D eigenvalue weighted by atomic mass is 16.2. The molecule has 2 aliphatic heterocycles. The number of carbonyl (C=O) groups is 2. The van der Waals surface area contributed by atoms with Crippen molar-refractivity contribution in [1.29, 1.82) is 0 Å². The van der Waals surface area contributed by atoms with Crippen LogP contribution in [0.4, 0.5) is 0 Å². The van der Waals surface area contributed by atoms with E-state index in [4.69, 9.17) is 0 Å². The lowest BCUT2D eigenvalue weighted by atomic mass is 9.97. The number of rotatable bonds is 5. The maximum absolute atomic E-state index is 13.5. The molecule has 2 saturated heterocycles. The topological polar surface area (TPSA) is 43.9 Å².